The highest BCUT2D eigenvalue weighted by atomic mass is 15.0. The molecule has 4 nitrogen and oxygen atoms in total. The first-order valence-corrected chi connectivity index (χ1v) is 3.76. The van der Waals surface area contributed by atoms with E-state index in [4.69, 9.17) is 11.7 Å². The topological polar surface area (TPSA) is 61.6 Å². The van der Waals surface area contributed by atoms with Gasteiger partial charge in [-0.2, -0.15) is 5.26 Å². The van der Waals surface area contributed by atoms with E-state index >= 15 is 0 Å². The van der Waals surface area contributed by atoms with E-state index in [0.29, 0.717) is 24.5 Å². The van der Waals surface area contributed by atoms with Gasteiger partial charge in [0.2, 0.25) is 0 Å². The van der Waals surface area contributed by atoms with E-state index in [1.165, 1.54) is 6.20 Å². The maximum Gasteiger partial charge on any atom is 0.161 e. The van der Waals surface area contributed by atoms with Gasteiger partial charge in [-0.1, -0.05) is 0 Å². The van der Waals surface area contributed by atoms with Crippen molar-refractivity contribution in [3.63, 3.8) is 0 Å². The normalized spacial score (nSPS) is 8.46. The van der Waals surface area contributed by atoms with Gasteiger partial charge in [-0.3, -0.25) is 4.98 Å². The molecule has 0 aliphatic heterocycles. The maximum atomic E-state index is 8.52. The summed E-state index contributed by atoms with van der Waals surface area (Å²) < 4.78 is 0. The molecule has 13 heavy (non-hydrogen) atoms. The Kier molecular flexibility index (Phi) is 3.29. The van der Waals surface area contributed by atoms with Crippen LogP contribution >= 0.6 is 0 Å². The monoisotopic (exact) mass is 172 g/mol. The van der Waals surface area contributed by atoms with Gasteiger partial charge in [0.15, 0.2) is 5.69 Å². The Morgan fingerprint density at radius 3 is 3.08 bits per heavy atom. The average Bonchev–Trinajstić information content (AvgIpc) is 2.19. The first-order chi connectivity index (χ1) is 6.36. The lowest BCUT2D eigenvalue weighted by Crippen LogP contribution is -2.03. The fourth-order valence-electron chi connectivity index (χ4n) is 0.768. The van der Waals surface area contributed by atoms with Gasteiger partial charge in [0.25, 0.3) is 0 Å². The largest absolute Gasteiger partial charge is 0.368 e. The van der Waals surface area contributed by atoms with Gasteiger partial charge in [0.05, 0.1) is 12.4 Å². The lowest BCUT2D eigenvalue weighted by molar-refractivity contribution is 1.05. The number of nitriles is 1. The third kappa shape index (κ3) is 2.80. The van der Waals surface area contributed by atoms with E-state index in [-0.39, 0.29) is 0 Å². The Bertz CT molecular complexity index is 359. The molecule has 1 heterocycles. The van der Waals surface area contributed by atoms with Gasteiger partial charge in [-0.25, -0.2) is 4.98 Å². The highest BCUT2D eigenvalue weighted by Crippen LogP contribution is 2.00. The molecule has 1 aromatic heterocycles. The minimum atomic E-state index is 0.297. The summed E-state index contributed by atoms with van der Waals surface area (Å²) in [7, 11) is 0. The van der Waals surface area contributed by atoms with Crippen LogP contribution in [-0.4, -0.2) is 16.5 Å². The Hall–Kier alpha value is -2.07. The summed E-state index contributed by atoms with van der Waals surface area (Å²) >= 11 is 0. The smallest absolute Gasteiger partial charge is 0.161 e. The summed E-state index contributed by atoms with van der Waals surface area (Å²) in [6.45, 7) is 0.639. The predicted octanol–water partition coefficient (Wildman–Crippen LogP) is 0.783. The summed E-state index contributed by atoms with van der Waals surface area (Å²) in [6, 6.07) is 1.90. The summed E-state index contributed by atoms with van der Waals surface area (Å²) in [6.07, 6.45) is 8.66. The van der Waals surface area contributed by atoms with Crippen LogP contribution in [0.1, 0.15) is 12.1 Å². The van der Waals surface area contributed by atoms with Crippen LogP contribution in [-0.2, 0) is 0 Å². The van der Waals surface area contributed by atoms with Gasteiger partial charge >= 0.3 is 0 Å². The second kappa shape index (κ2) is 4.74. The first-order valence-electron chi connectivity index (χ1n) is 3.76. The molecule has 0 radical (unpaired) electrons. The molecule has 0 unspecified atom stereocenters. The molecule has 1 rings (SSSR count). The van der Waals surface area contributed by atoms with E-state index in [0.717, 1.165) is 0 Å². The molecule has 64 valence electrons. The molecule has 0 aliphatic carbocycles. The molecular weight excluding hydrogens is 164 g/mol. The molecule has 0 atom stereocenters. The van der Waals surface area contributed by atoms with Crippen molar-refractivity contribution in [2.45, 2.75) is 6.42 Å². The summed E-state index contributed by atoms with van der Waals surface area (Å²) in [5.41, 5.74) is 0.297. The van der Waals surface area contributed by atoms with Crippen LogP contribution in [0.15, 0.2) is 12.4 Å². The first kappa shape index (κ1) is 9.02. The van der Waals surface area contributed by atoms with Crippen molar-refractivity contribution in [2.24, 2.45) is 0 Å². The number of rotatable bonds is 3. The fraction of sp³-hybridized carbons (Fsp3) is 0.222. The molecule has 0 aliphatic rings. The SMILES string of the molecule is C#CCCNc1cncc(C#N)n1. The molecular formula is C9H8N4. The van der Waals surface area contributed by atoms with Crippen molar-refractivity contribution < 1.29 is 0 Å². The van der Waals surface area contributed by atoms with Gasteiger partial charge in [-0.15, -0.1) is 12.3 Å². The van der Waals surface area contributed by atoms with E-state index in [1.54, 1.807) is 6.20 Å². The maximum absolute atomic E-state index is 8.52. The average molecular weight is 172 g/mol. The Labute approximate surface area is 76.6 Å². The standard InChI is InChI=1S/C9H8N4/c1-2-3-4-12-9-7-11-6-8(5-10)13-9/h1,6-7H,3-4H2,(H,12,13). The molecule has 0 bridgehead atoms. The summed E-state index contributed by atoms with van der Waals surface area (Å²) in [4.78, 5) is 7.79. The van der Waals surface area contributed by atoms with Gasteiger partial charge in [0.1, 0.15) is 11.9 Å². The van der Waals surface area contributed by atoms with Crippen LogP contribution in [0.4, 0.5) is 5.82 Å². The lowest BCUT2D eigenvalue weighted by atomic mass is 10.4. The quantitative estimate of drug-likeness (QED) is 0.540. The van der Waals surface area contributed by atoms with Crippen molar-refractivity contribution in [1.82, 2.24) is 9.97 Å². The van der Waals surface area contributed by atoms with Gasteiger partial charge < -0.3 is 5.32 Å². The third-order valence-electron chi connectivity index (χ3n) is 1.32. The number of nitrogens with zero attached hydrogens (tertiary/aromatic N) is 3. The number of hydrogen-bond acceptors (Lipinski definition) is 4. The number of hydrogen-bond donors (Lipinski definition) is 1. The zero-order chi connectivity index (χ0) is 9.52. The van der Waals surface area contributed by atoms with E-state index in [9.17, 15) is 0 Å². The predicted molar refractivity (Wildman–Crippen MR) is 48.7 cm³/mol. The van der Waals surface area contributed by atoms with Gasteiger partial charge in [0, 0.05) is 13.0 Å². The minimum Gasteiger partial charge on any atom is -0.368 e. The van der Waals surface area contributed by atoms with Crippen LogP contribution in [0.3, 0.4) is 0 Å². The number of terminal acetylenes is 1. The fourth-order valence-corrected chi connectivity index (χ4v) is 0.768. The molecule has 1 aromatic rings. The van der Waals surface area contributed by atoms with Crippen molar-refractivity contribution in [3.05, 3.63) is 18.1 Å². The zero-order valence-electron chi connectivity index (χ0n) is 6.99. The highest BCUT2D eigenvalue weighted by molar-refractivity contribution is 5.34. The molecule has 0 spiro atoms. The van der Waals surface area contributed by atoms with Crippen LogP contribution < -0.4 is 5.32 Å². The van der Waals surface area contributed by atoms with Crippen molar-refractivity contribution in [3.8, 4) is 18.4 Å². The molecule has 0 saturated heterocycles. The molecule has 0 saturated carbocycles. The second-order valence-electron chi connectivity index (χ2n) is 2.28. The van der Waals surface area contributed by atoms with Crippen LogP contribution in [0.2, 0.25) is 0 Å². The highest BCUT2D eigenvalue weighted by Gasteiger charge is 1.95. The minimum absolute atomic E-state index is 0.297. The van der Waals surface area contributed by atoms with E-state index in [2.05, 4.69) is 21.2 Å². The Balaban J connectivity index is 2.59. The number of aromatic nitrogens is 2. The molecule has 1 N–H and O–H groups in total. The van der Waals surface area contributed by atoms with Crippen molar-refractivity contribution >= 4 is 5.82 Å². The number of nitrogens with one attached hydrogen (secondary N) is 1. The lowest BCUT2D eigenvalue weighted by Gasteiger charge is -2.01. The van der Waals surface area contributed by atoms with Crippen LogP contribution in [0, 0.1) is 23.7 Å². The van der Waals surface area contributed by atoms with Crippen LogP contribution in [0.25, 0.3) is 0 Å². The summed E-state index contributed by atoms with van der Waals surface area (Å²) in [5.74, 6) is 3.07. The molecule has 0 amide bonds. The van der Waals surface area contributed by atoms with Crippen molar-refractivity contribution in [1.29, 1.82) is 5.26 Å². The van der Waals surface area contributed by atoms with E-state index in [1.807, 2.05) is 6.07 Å². The Morgan fingerprint density at radius 1 is 1.54 bits per heavy atom. The second-order valence-corrected chi connectivity index (χ2v) is 2.28. The van der Waals surface area contributed by atoms with Crippen LogP contribution in [0.5, 0.6) is 0 Å². The third-order valence-corrected chi connectivity index (χ3v) is 1.32. The molecule has 4 heteroatoms. The summed E-state index contributed by atoms with van der Waals surface area (Å²) in [5, 5.41) is 11.5. The zero-order valence-corrected chi connectivity index (χ0v) is 6.99. The molecule has 0 fully saturated rings. The Morgan fingerprint density at radius 2 is 2.38 bits per heavy atom. The number of anilines is 1. The van der Waals surface area contributed by atoms with E-state index < -0.39 is 0 Å². The van der Waals surface area contributed by atoms with Gasteiger partial charge in [-0.05, 0) is 0 Å². The molecule has 0 aromatic carbocycles. The van der Waals surface area contributed by atoms with Crippen molar-refractivity contribution in [2.75, 3.05) is 11.9 Å².